The third-order valence-electron chi connectivity index (χ3n) is 3.76. The number of hydrogen-bond donors (Lipinski definition) is 2. The molecule has 0 atom stereocenters. The molecule has 0 bridgehead atoms. The van der Waals surface area contributed by atoms with Gasteiger partial charge in [0.2, 0.25) is 5.91 Å². The van der Waals surface area contributed by atoms with Gasteiger partial charge in [-0.15, -0.1) is 0 Å². The number of carbonyl (C=O) groups excluding carboxylic acids is 1. The molecule has 24 heavy (non-hydrogen) atoms. The Labute approximate surface area is 137 Å². The molecule has 4 rings (SSSR count). The van der Waals surface area contributed by atoms with Gasteiger partial charge in [-0.2, -0.15) is 0 Å². The fourth-order valence-electron chi connectivity index (χ4n) is 2.69. The molecule has 0 fully saturated rings. The summed E-state index contributed by atoms with van der Waals surface area (Å²) < 4.78 is 33.0. The molecule has 1 aliphatic rings. The molecule has 0 saturated carbocycles. The third kappa shape index (κ3) is 2.50. The lowest BCUT2D eigenvalue weighted by atomic mass is 10.2. The lowest BCUT2D eigenvalue weighted by Crippen LogP contribution is -2.13. The van der Waals surface area contributed by atoms with Gasteiger partial charge >= 0.3 is 0 Å². The first-order valence-electron chi connectivity index (χ1n) is 7.23. The van der Waals surface area contributed by atoms with Crippen LogP contribution in [0.2, 0.25) is 0 Å². The summed E-state index contributed by atoms with van der Waals surface area (Å²) in [5, 5.41) is 2.67. The quantitative estimate of drug-likeness (QED) is 0.760. The maximum absolute atomic E-state index is 12.6. The van der Waals surface area contributed by atoms with E-state index in [0.29, 0.717) is 33.9 Å². The normalized spacial score (nSPS) is 13.8. The van der Waals surface area contributed by atoms with Crippen molar-refractivity contribution in [3.05, 3.63) is 47.9 Å². The Morgan fingerprint density at radius 3 is 2.88 bits per heavy atom. The van der Waals surface area contributed by atoms with Crippen molar-refractivity contribution in [2.45, 2.75) is 18.2 Å². The number of carbonyl (C=O) groups is 1. The summed E-state index contributed by atoms with van der Waals surface area (Å²) in [6.07, 6.45) is 0.183. The topological polar surface area (TPSA) is 101 Å². The number of hydrogen-bond acceptors (Lipinski definition) is 5. The van der Waals surface area contributed by atoms with E-state index >= 15 is 0 Å². The zero-order valence-electron chi connectivity index (χ0n) is 12.7. The number of oxazole rings is 1. The van der Waals surface area contributed by atoms with Crippen LogP contribution in [0.25, 0.3) is 11.1 Å². The number of sulfonamides is 1. The number of aromatic nitrogens is 1. The monoisotopic (exact) mass is 343 g/mol. The van der Waals surface area contributed by atoms with E-state index in [1.54, 1.807) is 31.2 Å². The summed E-state index contributed by atoms with van der Waals surface area (Å²) in [6.45, 7) is 1.73. The van der Waals surface area contributed by atoms with Gasteiger partial charge in [0.1, 0.15) is 5.52 Å². The van der Waals surface area contributed by atoms with E-state index in [9.17, 15) is 13.2 Å². The summed E-state index contributed by atoms with van der Waals surface area (Å²) in [5.41, 5.74) is 2.88. The number of benzene rings is 2. The highest BCUT2D eigenvalue weighted by atomic mass is 32.2. The van der Waals surface area contributed by atoms with Crippen LogP contribution in [0, 0.1) is 6.92 Å². The largest absolute Gasteiger partial charge is 0.441 e. The Balaban J connectivity index is 1.67. The van der Waals surface area contributed by atoms with Gasteiger partial charge in [-0.05, 0) is 35.9 Å². The second kappa shape index (κ2) is 5.07. The summed E-state index contributed by atoms with van der Waals surface area (Å²) in [5.74, 6) is 0.374. The minimum Gasteiger partial charge on any atom is -0.441 e. The minimum absolute atomic E-state index is 0.103. The van der Waals surface area contributed by atoms with E-state index < -0.39 is 10.0 Å². The van der Waals surface area contributed by atoms with Gasteiger partial charge < -0.3 is 9.73 Å². The lowest BCUT2D eigenvalue weighted by molar-refractivity contribution is -0.115. The van der Waals surface area contributed by atoms with E-state index in [1.807, 2.05) is 0 Å². The molecule has 1 amide bonds. The second-order valence-electron chi connectivity index (χ2n) is 5.56. The van der Waals surface area contributed by atoms with Crippen LogP contribution in [-0.4, -0.2) is 19.3 Å². The van der Waals surface area contributed by atoms with Crippen LogP contribution >= 0.6 is 0 Å². The molecule has 0 unspecified atom stereocenters. The molecule has 8 heteroatoms. The fraction of sp³-hybridized carbons (Fsp3) is 0.125. The first kappa shape index (κ1) is 14.7. The molecule has 1 aliphatic heterocycles. The van der Waals surface area contributed by atoms with Crippen molar-refractivity contribution in [2.75, 3.05) is 10.0 Å². The average Bonchev–Trinajstić information content (AvgIpc) is 3.05. The van der Waals surface area contributed by atoms with Crippen LogP contribution in [0.3, 0.4) is 0 Å². The first-order chi connectivity index (χ1) is 11.4. The maximum atomic E-state index is 12.6. The fourth-order valence-corrected chi connectivity index (χ4v) is 3.79. The molecule has 2 N–H and O–H groups in total. The van der Waals surface area contributed by atoms with E-state index in [2.05, 4.69) is 15.0 Å². The molecule has 0 radical (unpaired) electrons. The molecular formula is C16H13N3O4S. The maximum Gasteiger partial charge on any atom is 0.261 e. The molecule has 1 aromatic heterocycles. The van der Waals surface area contributed by atoms with E-state index in [0.717, 1.165) is 0 Å². The molecule has 122 valence electrons. The van der Waals surface area contributed by atoms with E-state index in [1.165, 1.54) is 12.1 Å². The van der Waals surface area contributed by atoms with Gasteiger partial charge in [-0.1, -0.05) is 0 Å². The number of nitrogens with zero attached hydrogens (tertiary/aromatic N) is 1. The van der Waals surface area contributed by atoms with E-state index in [4.69, 9.17) is 4.42 Å². The SMILES string of the molecule is Cc1nc2ccc(NS(=O)(=O)c3ccc4c(c3)CC(=O)N4)cc2o1. The Bertz CT molecular complexity index is 1090. The summed E-state index contributed by atoms with van der Waals surface area (Å²) in [6, 6.07) is 9.47. The highest BCUT2D eigenvalue weighted by molar-refractivity contribution is 7.92. The van der Waals surface area contributed by atoms with Crippen LogP contribution < -0.4 is 10.0 Å². The van der Waals surface area contributed by atoms with Crippen molar-refractivity contribution in [2.24, 2.45) is 0 Å². The highest BCUT2D eigenvalue weighted by Gasteiger charge is 2.22. The van der Waals surface area contributed by atoms with Gasteiger partial charge in [0, 0.05) is 18.7 Å². The number of rotatable bonds is 3. The Hall–Kier alpha value is -2.87. The van der Waals surface area contributed by atoms with Crippen molar-refractivity contribution in [1.82, 2.24) is 4.98 Å². The second-order valence-corrected chi connectivity index (χ2v) is 7.25. The summed E-state index contributed by atoms with van der Waals surface area (Å²) in [4.78, 5) is 15.7. The van der Waals surface area contributed by atoms with Gasteiger partial charge in [0.05, 0.1) is 17.0 Å². The van der Waals surface area contributed by atoms with Crippen molar-refractivity contribution in [1.29, 1.82) is 0 Å². The molecule has 2 heterocycles. The zero-order valence-corrected chi connectivity index (χ0v) is 13.5. The minimum atomic E-state index is -3.77. The van der Waals surface area contributed by atoms with Crippen LogP contribution in [-0.2, 0) is 21.2 Å². The van der Waals surface area contributed by atoms with Crippen LogP contribution in [0.4, 0.5) is 11.4 Å². The van der Waals surface area contributed by atoms with Crippen molar-refractivity contribution in [3.8, 4) is 0 Å². The molecule has 0 aliphatic carbocycles. The smallest absolute Gasteiger partial charge is 0.261 e. The molecule has 2 aromatic carbocycles. The van der Waals surface area contributed by atoms with Crippen LogP contribution in [0.5, 0.6) is 0 Å². The summed E-state index contributed by atoms with van der Waals surface area (Å²) >= 11 is 0. The van der Waals surface area contributed by atoms with Gasteiger partial charge in [0.15, 0.2) is 11.5 Å². The predicted octanol–water partition coefficient (Wildman–Crippen LogP) is 2.43. The third-order valence-corrected chi connectivity index (χ3v) is 5.14. The Kier molecular flexibility index (Phi) is 3.10. The number of amides is 1. The molecule has 0 spiro atoms. The van der Waals surface area contributed by atoms with E-state index in [-0.39, 0.29) is 17.2 Å². The summed E-state index contributed by atoms with van der Waals surface area (Å²) in [7, 11) is -3.77. The zero-order chi connectivity index (χ0) is 16.9. The first-order valence-corrected chi connectivity index (χ1v) is 8.72. The predicted molar refractivity (Wildman–Crippen MR) is 88.3 cm³/mol. The number of fused-ring (bicyclic) bond motifs is 2. The number of nitrogens with one attached hydrogen (secondary N) is 2. The highest BCUT2D eigenvalue weighted by Crippen LogP contribution is 2.27. The molecule has 3 aromatic rings. The van der Waals surface area contributed by atoms with Crippen molar-refractivity contribution in [3.63, 3.8) is 0 Å². The molecular weight excluding hydrogens is 330 g/mol. The van der Waals surface area contributed by atoms with Gasteiger partial charge in [-0.25, -0.2) is 13.4 Å². The average molecular weight is 343 g/mol. The number of aryl methyl sites for hydroxylation is 1. The van der Waals surface area contributed by atoms with Gasteiger partial charge in [-0.3, -0.25) is 9.52 Å². The number of anilines is 2. The van der Waals surface area contributed by atoms with Gasteiger partial charge in [0.25, 0.3) is 10.0 Å². The van der Waals surface area contributed by atoms with Crippen molar-refractivity contribution >= 4 is 38.4 Å². The van der Waals surface area contributed by atoms with Crippen LogP contribution in [0.1, 0.15) is 11.5 Å². The molecule has 0 saturated heterocycles. The van der Waals surface area contributed by atoms with Crippen LogP contribution in [0.15, 0.2) is 45.7 Å². The van der Waals surface area contributed by atoms with Crippen molar-refractivity contribution < 1.29 is 17.6 Å². The standard InChI is InChI=1S/C16H13N3O4S/c1-9-17-14-4-2-11(8-15(14)23-9)19-24(21,22)12-3-5-13-10(6-12)7-16(20)18-13/h2-6,8,19H,7H2,1H3,(H,18,20). The molecule has 7 nitrogen and oxygen atoms in total. The lowest BCUT2D eigenvalue weighted by Gasteiger charge is -2.09. The Morgan fingerprint density at radius 2 is 2.04 bits per heavy atom. The Morgan fingerprint density at radius 1 is 1.21 bits per heavy atom.